The maximum Gasteiger partial charge on any atom is 0.00107 e. The van der Waals surface area contributed by atoms with Gasteiger partial charge in [-0.25, -0.2) is 0 Å². The van der Waals surface area contributed by atoms with E-state index >= 15 is 0 Å². The maximum absolute atomic E-state index is 3.79. The van der Waals surface area contributed by atoms with E-state index in [-0.39, 0.29) is 0 Å². The van der Waals surface area contributed by atoms with Crippen LogP contribution in [0.1, 0.15) is 59.3 Å². The second kappa shape index (κ2) is 7.36. The third-order valence-corrected chi connectivity index (χ3v) is 6.29. The average Bonchev–Trinajstić information content (AvgIpc) is 2.95. The number of thioether (sulfide) groups is 1. The molecule has 0 aromatic heterocycles. The molecule has 1 N–H and O–H groups in total. The summed E-state index contributed by atoms with van der Waals surface area (Å²) in [6.45, 7) is 9.41. The van der Waals surface area contributed by atoms with Crippen molar-refractivity contribution in [1.29, 1.82) is 0 Å². The summed E-state index contributed by atoms with van der Waals surface area (Å²) in [5, 5.41) is 3.79. The summed E-state index contributed by atoms with van der Waals surface area (Å²) in [5.74, 6) is 5.56. The lowest BCUT2D eigenvalue weighted by Gasteiger charge is -2.38. The van der Waals surface area contributed by atoms with E-state index in [1.807, 2.05) is 0 Å². The molecule has 2 fully saturated rings. The first kappa shape index (κ1) is 15.7. The molecule has 2 saturated carbocycles. The molecule has 19 heavy (non-hydrogen) atoms. The van der Waals surface area contributed by atoms with Gasteiger partial charge in [-0.05, 0) is 73.3 Å². The molecule has 2 rings (SSSR count). The van der Waals surface area contributed by atoms with Gasteiger partial charge in [-0.3, -0.25) is 0 Å². The van der Waals surface area contributed by atoms with Crippen LogP contribution in [0.15, 0.2) is 0 Å². The number of hydrogen-bond acceptors (Lipinski definition) is 2. The first-order chi connectivity index (χ1) is 9.16. The SMILES string of the molecule is CCSCCCC1(CNCC(C)C)CC2CCC1C2. The number of hydrogen-bond donors (Lipinski definition) is 1. The molecule has 0 radical (unpaired) electrons. The van der Waals surface area contributed by atoms with Crippen molar-refractivity contribution < 1.29 is 0 Å². The van der Waals surface area contributed by atoms with Crippen LogP contribution in [0.3, 0.4) is 0 Å². The molecule has 1 nitrogen and oxygen atoms in total. The average molecular weight is 284 g/mol. The van der Waals surface area contributed by atoms with Gasteiger partial charge in [0, 0.05) is 6.54 Å². The predicted octanol–water partition coefficient (Wildman–Crippen LogP) is 4.57. The molecule has 2 bridgehead atoms. The molecule has 112 valence electrons. The second-order valence-corrected chi connectivity index (χ2v) is 8.66. The van der Waals surface area contributed by atoms with E-state index in [1.54, 1.807) is 6.42 Å². The highest BCUT2D eigenvalue weighted by atomic mass is 32.2. The number of fused-ring (bicyclic) bond motifs is 2. The first-order valence-electron chi connectivity index (χ1n) is 8.45. The van der Waals surface area contributed by atoms with Gasteiger partial charge in [0.05, 0.1) is 0 Å². The van der Waals surface area contributed by atoms with E-state index in [4.69, 9.17) is 0 Å². The van der Waals surface area contributed by atoms with E-state index < -0.39 is 0 Å². The van der Waals surface area contributed by atoms with E-state index in [9.17, 15) is 0 Å². The summed E-state index contributed by atoms with van der Waals surface area (Å²) in [5.41, 5.74) is 0.673. The molecule has 0 amide bonds. The normalized spacial score (nSPS) is 33.5. The van der Waals surface area contributed by atoms with Gasteiger partial charge in [-0.15, -0.1) is 0 Å². The topological polar surface area (TPSA) is 12.0 Å². The minimum absolute atomic E-state index is 0.673. The minimum Gasteiger partial charge on any atom is -0.316 e. The highest BCUT2D eigenvalue weighted by Crippen LogP contribution is 2.57. The van der Waals surface area contributed by atoms with Gasteiger partial charge < -0.3 is 5.32 Å². The summed E-state index contributed by atoms with van der Waals surface area (Å²) in [7, 11) is 0. The molecule has 0 aliphatic heterocycles. The lowest BCUT2D eigenvalue weighted by Crippen LogP contribution is -2.40. The van der Waals surface area contributed by atoms with Crippen LogP contribution in [0.25, 0.3) is 0 Å². The van der Waals surface area contributed by atoms with E-state index in [0.29, 0.717) is 5.41 Å². The Morgan fingerprint density at radius 2 is 2.16 bits per heavy atom. The Hall–Kier alpha value is 0.310. The van der Waals surface area contributed by atoms with Crippen molar-refractivity contribution in [3.05, 3.63) is 0 Å². The van der Waals surface area contributed by atoms with Crippen LogP contribution in [-0.4, -0.2) is 24.6 Å². The van der Waals surface area contributed by atoms with Crippen molar-refractivity contribution in [2.45, 2.75) is 59.3 Å². The lowest BCUT2D eigenvalue weighted by atomic mass is 9.70. The van der Waals surface area contributed by atoms with Crippen molar-refractivity contribution in [3.8, 4) is 0 Å². The molecule has 0 aromatic rings. The summed E-state index contributed by atoms with van der Waals surface area (Å²) < 4.78 is 0. The number of rotatable bonds is 9. The highest BCUT2D eigenvalue weighted by molar-refractivity contribution is 7.99. The van der Waals surface area contributed by atoms with Crippen LogP contribution in [0.4, 0.5) is 0 Å². The Bertz CT molecular complexity index is 266. The summed E-state index contributed by atoms with van der Waals surface area (Å²) >= 11 is 2.12. The Balaban J connectivity index is 1.83. The molecular weight excluding hydrogens is 250 g/mol. The molecule has 0 heterocycles. The van der Waals surface area contributed by atoms with Gasteiger partial charge in [0.15, 0.2) is 0 Å². The van der Waals surface area contributed by atoms with Crippen LogP contribution in [-0.2, 0) is 0 Å². The zero-order valence-electron chi connectivity index (χ0n) is 13.2. The van der Waals surface area contributed by atoms with Crippen LogP contribution in [0.5, 0.6) is 0 Å². The largest absolute Gasteiger partial charge is 0.316 e. The lowest BCUT2D eigenvalue weighted by molar-refractivity contribution is 0.140. The smallest absolute Gasteiger partial charge is 0.00107 e. The van der Waals surface area contributed by atoms with Crippen LogP contribution in [0.2, 0.25) is 0 Å². The first-order valence-corrected chi connectivity index (χ1v) is 9.60. The second-order valence-electron chi connectivity index (χ2n) is 7.27. The van der Waals surface area contributed by atoms with Crippen molar-refractivity contribution in [1.82, 2.24) is 5.32 Å². The predicted molar refractivity (Wildman–Crippen MR) is 87.8 cm³/mol. The van der Waals surface area contributed by atoms with Crippen LogP contribution >= 0.6 is 11.8 Å². The molecule has 2 heteroatoms. The van der Waals surface area contributed by atoms with Gasteiger partial charge in [0.2, 0.25) is 0 Å². The molecule has 2 aliphatic carbocycles. The Morgan fingerprint density at radius 3 is 2.74 bits per heavy atom. The quantitative estimate of drug-likeness (QED) is 0.622. The fourth-order valence-corrected chi connectivity index (χ4v) is 5.09. The molecule has 2 aliphatic rings. The Kier molecular flexibility index (Phi) is 6.08. The van der Waals surface area contributed by atoms with Crippen molar-refractivity contribution in [2.75, 3.05) is 24.6 Å². The summed E-state index contributed by atoms with van der Waals surface area (Å²) in [4.78, 5) is 0. The van der Waals surface area contributed by atoms with Crippen molar-refractivity contribution in [3.63, 3.8) is 0 Å². The van der Waals surface area contributed by atoms with E-state index in [0.717, 1.165) is 17.8 Å². The van der Waals surface area contributed by atoms with E-state index in [2.05, 4.69) is 37.8 Å². The van der Waals surface area contributed by atoms with E-state index in [1.165, 1.54) is 56.7 Å². The molecule has 3 atom stereocenters. The zero-order valence-corrected chi connectivity index (χ0v) is 14.0. The van der Waals surface area contributed by atoms with Gasteiger partial charge in [-0.1, -0.05) is 27.2 Å². The van der Waals surface area contributed by atoms with Crippen molar-refractivity contribution in [2.24, 2.45) is 23.2 Å². The summed E-state index contributed by atoms with van der Waals surface area (Å²) in [6, 6.07) is 0. The van der Waals surface area contributed by atoms with Crippen LogP contribution in [0, 0.1) is 23.2 Å². The van der Waals surface area contributed by atoms with Crippen molar-refractivity contribution >= 4 is 11.8 Å². The van der Waals surface area contributed by atoms with Crippen LogP contribution < -0.4 is 5.32 Å². The van der Waals surface area contributed by atoms with Gasteiger partial charge >= 0.3 is 0 Å². The van der Waals surface area contributed by atoms with Gasteiger partial charge in [0.25, 0.3) is 0 Å². The molecule has 0 saturated heterocycles. The Morgan fingerprint density at radius 1 is 1.32 bits per heavy atom. The third kappa shape index (κ3) is 4.14. The minimum atomic E-state index is 0.673. The highest BCUT2D eigenvalue weighted by Gasteiger charge is 2.49. The molecule has 3 unspecified atom stereocenters. The summed E-state index contributed by atoms with van der Waals surface area (Å²) in [6.07, 6.45) is 9.04. The molecule has 0 spiro atoms. The molecular formula is C17H33NS. The monoisotopic (exact) mass is 283 g/mol. The Labute approximate surface area is 124 Å². The third-order valence-electron chi connectivity index (χ3n) is 5.30. The maximum atomic E-state index is 3.79. The van der Waals surface area contributed by atoms with Gasteiger partial charge in [-0.2, -0.15) is 11.8 Å². The molecule has 0 aromatic carbocycles. The fourth-order valence-electron chi connectivity index (χ4n) is 4.45. The zero-order chi connectivity index (χ0) is 13.7. The number of nitrogens with one attached hydrogen (secondary N) is 1. The standard InChI is InChI=1S/C17H33NS/c1-4-19-9-5-8-17(13-18-12-14(2)3)11-15-6-7-16(17)10-15/h14-16,18H,4-13H2,1-3H3. The van der Waals surface area contributed by atoms with Gasteiger partial charge in [0.1, 0.15) is 0 Å². The fraction of sp³-hybridized carbons (Fsp3) is 1.00.